The molecule has 0 bridgehead atoms. The number of nitrogens with one attached hydrogen (secondary N) is 1. The molecule has 2 heterocycles. The van der Waals surface area contributed by atoms with Crippen LogP contribution >= 0.6 is 0 Å². The lowest BCUT2D eigenvalue weighted by Gasteiger charge is -2.26. The number of aryl methyl sites for hydroxylation is 2. The highest BCUT2D eigenvalue weighted by Crippen LogP contribution is 2.32. The summed E-state index contributed by atoms with van der Waals surface area (Å²) in [7, 11) is 0. The van der Waals surface area contributed by atoms with Crippen LogP contribution in [-0.2, 0) is 19.4 Å². The van der Waals surface area contributed by atoms with Gasteiger partial charge in [0.05, 0.1) is 19.3 Å². The Morgan fingerprint density at radius 1 is 1.24 bits per heavy atom. The Labute approximate surface area is 149 Å². The Morgan fingerprint density at radius 3 is 3.04 bits per heavy atom. The van der Waals surface area contributed by atoms with E-state index in [9.17, 15) is 5.11 Å². The van der Waals surface area contributed by atoms with Crippen molar-refractivity contribution >= 4 is 6.08 Å². The third-order valence-electron chi connectivity index (χ3n) is 5.29. The van der Waals surface area contributed by atoms with E-state index < -0.39 is 0 Å². The van der Waals surface area contributed by atoms with E-state index in [1.165, 1.54) is 22.3 Å². The molecule has 2 aliphatic heterocycles. The van der Waals surface area contributed by atoms with Crippen molar-refractivity contribution in [3.8, 4) is 5.75 Å². The van der Waals surface area contributed by atoms with E-state index in [4.69, 9.17) is 4.74 Å². The van der Waals surface area contributed by atoms with Crippen LogP contribution in [0.2, 0.25) is 0 Å². The van der Waals surface area contributed by atoms with Crippen molar-refractivity contribution in [2.75, 3.05) is 13.2 Å². The maximum absolute atomic E-state index is 9.59. The highest BCUT2D eigenvalue weighted by molar-refractivity contribution is 5.61. The molecule has 130 valence electrons. The van der Waals surface area contributed by atoms with Gasteiger partial charge in [-0.1, -0.05) is 42.5 Å². The van der Waals surface area contributed by atoms with Crippen LogP contribution in [0.3, 0.4) is 0 Å². The van der Waals surface area contributed by atoms with Gasteiger partial charge in [-0.3, -0.25) is 0 Å². The molecule has 1 unspecified atom stereocenters. The van der Waals surface area contributed by atoms with E-state index in [0.717, 1.165) is 49.3 Å². The first-order valence-corrected chi connectivity index (χ1v) is 9.15. The fraction of sp³-hybridized carbons (Fsp3) is 0.364. The first-order chi connectivity index (χ1) is 12.3. The summed E-state index contributed by atoms with van der Waals surface area (Å²) < 4.78 is 5.91. The quantitative estimate of drug-likeness (QED) is 0.898. The molecule has 0 fully saturated rings. The number of ether oxygens (including phenoxy) is 1. The molecular formula is C22H25NO2. The summed E-state index contributed by atoms with van der Waals surface area (Å²) in [6, 6.07) is 11.0. The summed E-state index contributed by atoms with van der Waals surface area (Å²) in [5.41, 5.74) is 7.32. The first-order valence-electron chi connectivity index (χ1n) is 9.15. The zero-order chi connectivity index (χ0) is 17.2. The minimum Gasteiger partial charge on any atom is -0.493 e. The summed E-state index contributed by atoms with van der Waals surface area (Å²) in [4.78, 5) is 0. The molecule has 0 aliphatic carbocycles. The minimum atomic E-state index is 0.0928. The highest BCUT2D eigenvalue weighted by Gasteiger charge is 2.19. The van der Waals surface area contributed by atoms with E-state index >= 15 is 0 Å². The van der Waals surface area contributed by atoms with Gasteiger partial charge in [-0.05, 0) is 54.0 Å². The zero-order valence-corrected chi connectivity index (χ0v) is 14.7. The lowest BCUT2D eigenvalue weighted by molar-refractivity contribution is 0.280. The van der Waals surface area contributed by atoms with Gasteiger partial charge in [0.15, 0.2) is 0 Å². The molecular weight excluding hydrogens is 310 g/mol. The molecule has 25 heavy (non-hydrogen) atoms. The van der Waals surface area contributed by atoms with Crippen molar-refractivity contribution in [3.05, 3.63) is 69.8 Å². The van der Waals surface area contributed by atoms with E-state index in [-0.39, 0.29) is 12.6 Å². The third-order valence-corrected chi connectivity index (χ3v) is 5.29. The number of rotatable bonds is 3. The molecule has 0 amide bonds. The van der Waals surface area contributed by atoms with Crippen LogP contribution in [0.1, 0.15) is 45.8 Å². The number of fused-ring (bicyclic) bond motifs is 2. The molecule has 2 aliphatic rings. The van der Waals surface area contributed by atoms with Gasteiger partial charge >= 0.3 is 0 Å². The fourth-order valence-corrected chi connectivity index (χ4v) is 3.90. The predicted molar refractivity (Wildman–Crippen MR) is 101 cm³/mol. The number of hydrogen-bond acceptors (Lipinski definition) is 3. The molecule has 0 aromatic heterocycles. The lowest BCUT2D eigenvalue weighted by atomic mass is 9.89. The van der Waals surface area contributed by atoms with Gasteiger partial charge in [0, 0.05) is 12.1 Å². The summed E-state index contributed by atoms with van der Waals surface area (Å²) in [6.45, 7) is 3.95. The van der Waals surface area contributed by atoms with Gasteiger partial charge in [0.1, 0.15) is 5.75 Å². The van der Waals surface area contributed by atoms with Crippen molar-refractivity contribution in [2.24, 2.45) is 0 Å². The van der Waals surface area contributed by atoms with E-state index in [1.807, 2.05) is 0 Å². The van der Waals surface area contributed by atoms with Gasteiger partial charge in [-0.25, -0.2) is 0 Å². The SMILES string of the molecule is Cc1cc2c(cc1CO)C(/C=C/c1cccc3c1OCCC3)NCC2. The molecule has 2 aromatic carbocycles. The normalized spacial score (nSPS) is 19.4. The van der Waals surface area contributed by atoms with Crippen molar-refractivity contribution in [2.45, 2.75) is 38.8 Å². The number of para-hydroxylation sites is 1. The Morgan fingerprint density at radius 2 is 2.16 bits per heavy atom. The molecule has 3 heteroatoms. The second-order valence-corrected chi connectivity index (χ2v) is 6.96. The van der Waals surface area contributed by atoms with Crippen LogP contribution in [0.15, 0.2) is 36.4 Å². The maximum Gasteiger partial charge on any atom is 0.129 e. The van der Waals surface area contributed by atoms with Crippen LogP contribution in [0, 0.1) is 6.92 Å². The third kappa shape index (κ3) is 3.22. The Balaban J connectivity index is 1.66. The monoisotopic (exact) mass is 335 g/mol. The number of benzene rings is 2. The van der Waals surface area contributed by atoms with Crippen LogP contribution in [-0.4, -0.2) is 18.3 Å². The van der Waals surface area contributed by atoms with Crippen LogP contribution in [0.4, 0.5) is 0 Å². The van der Waals surface area contributed by atoms with Crippen molar-refractivity contribution in [3.63, 3.8) is 0 Å². The Hall–Kier alpha value is -2.10. The minimum absolute atomic E-state index is 0.0928. The van der Waals surface area contributed by atoms with Crippen molar-refractivity contribution < 1.29 is 9.84 Å². The van der Waals surface area contributed by atoms with Crippen LogP contribution < -0.4 is 10.1 Å². The molecule has 2 aromatic rings. The average Bonchev–Trinajstić information content (AvgIpc) is 2.65. The summed E-state index contributed by atoms with van der Waals surface area (Å²) in [6.07, 6.45) is 7.63. The summed E-state index contributed by atoms with van der Waals surface area (Å²) in [5.74, 6) is 1.04. The Bertz CT molecular complexity index is 810. The van der Waals surface area contributed by atoms with Gasteiger partial charge < -0.3 is 15.2 Å². The number of hydrogen-bond donors (Lipinski definition) is 2. The molecule has 2 N–H and O–H groups in total. The van der Waals surface area contributed by atoms with Gasteiger partial charge in [0.2, 0.25) is 0 Å². The molecule has 3 nitrogen and oxygen atoms in total. The Kier molecular flexibility index (Phi) is 4.60. The highest BCUT2D eigenvalue weighted by atomic mass is 16.5. The standard InChI is InChI=1S/C22H25NO2/c1-15-12-18-9-10-23-21(20(18)13-19(15)14-24)8-7-17-5-2-4-16-6-3-11-25-22(16)17/h2,4-5,7-8,12-13,21,23-24H,3,6,9-11,14H2,1H3/b8-7+. The predicted octanol–water partition coefficient (Wildman–Crippen LogP) is 3.71. The first kappa shape index (κ1) is 16.4. The molecule has 4 rings (SSSR count). The average molecular weight is 335 g/mol. The second-order valence-electron chi connectivity index (χ2n) is 6.96. The molecule has 0 spiro atoms. The van der Waals surface area contributed by atoms with Crippen LogP contribution in [0.25, 0.3) is 6.08 Å². The van der Waals surface area contributed by atoms with Crippen LogP contribution in [0.5, 0.6) is 5.75 Å². The van der Waals surface area contributed by atoms with E-state index in [2.05, 4.69) is 54.7 Å². The summed E-state index contributed by atoms with van der Waals surface area (Å²) in [5, 5.41) is 13.2. The largest absolute Gasteiger partial charge is 0.493 e. The molecule has 0 saturated heterocycles. The number of aliphatic hydroxyl groups excluding tert-OH is 1. The van der Waals surface area contributed by atoms with Gasteiger partial charge in [0.25, 0.3) is 0 Å². The number of aliphatic hydroxyl groups is 1. The van der Waals surface area contributed by atoms with E-state index in [1.54, 1.807) is 0 Å². The topological polar surface area (TPSA) is 41.5 Å². The zero-order valence-electron chi connectivity index (χ0n) is 14.7. The fourth-order valence-electron chi connectivity index (χ4n) is 3.90. The van der Waals surface area contributed by atoms with Gasteiger partial charge in [-0.15, -0.1) is 0 Å². The van der Waals surface area contributed by atoms with Crippen molar-refractivity contribution in [1.82, 2.24) is 5.32 Å². The van der Waals surface area contributed by atoms with Crippen molar-refractivity contribution in [1.29, 1.82) is 0 Å². The molecule has 0 saturated carbocycles. The summed E-state index contributed by atoms with van der Waals surface area (Å²) >= 11 is 0. The molecule has 1 atom stereocenters. The lowest BCUT2D eigenvalue weighted by Crippen LogP contribution is -2.28. The maximum atomic E-state index is 9.59. The second kappa shape index (κ2) is 7.03. The van der Waals surface area contributed by atoms with Gasteiger partial charge in [-0.2, -0.15) is 0 Å². The van der Waals surface area contributed by atoms with E-state index in [0.29, 0.717) is 0 Å². The smallest absolute Gasteiger partial charge is 0.129 e. The molecule has 0 radical (unpaired) electrons.